The molecule has 0 unspecified atom stereocenters. The predicted molar refractivity (Wildman–Crippen MR) is 340 cm³/mol. The number of benzene rings is 11. The number of para-hydroxylation sites is 3. The fraction of sp³-hybridized carbons (Fsp3) is 0.0779. The molecular formula is C77H54N4O. The Bertz CT molecular complexity index is 5080. The van der Waals surface area contributed by atoms with Crippen LogP contribution in [0.15, 0.2) is 261 Å². The van der Waals surface area contributed by atoms with Crippen molar-refractivity contribution in [1.29, 1.82) is 0 Å². The molecule has 0 fully saturated rings. The first-order valence-corrected chi connectivity index (χ1v) is 28.5. The summed E-state index contributed by atoms with van der Waals surface area (Å²) in [5.74, 6) is 2.42. The van der Waals surface area contributed by atoms with Crippen molar-refractivity contribution in [2.75, 3.05) is 4.90 Å². The summed E-state index contributed by atoms with van der Waals surface area (Å²) in [6.07, 6.45) is 1.93. The number of hydrogen-bond acceptors (Lipinski definition) is 3. The minimum absolute atomic E-state index is 0.0230. The molecule has 1 aliphatic heterocycles. The van der Waals surface area contributed by atoms with Gasteiger partial charge in [0.2, 0.25) is 0 Å². The summed E-state index contributed by atoms with van der Waals surface area (Å²) in [4.78, 5) is 7.37. The number of nitrogens with zero attached hydrogens (tertiary/aromatic N) is 4. The van der Waals surface area contributed by atoms with Gasteiger partial charge in [-0.2, -0.15) is 0 Å². The van der Waals surface area contributed by atoms with Crippen LogP contribution in [0.2, 0.25) is 0 Å². The molecular weight excluding hydrogens is 997 g/mol. The minimum atomic E-state index is -0.383. The summed E-state index contributed by atoms with van der Waals surface area (Å²) in [6.45, 7) is 7.35. The molecule has 0 radical (unpaired) electrons. The van der Waals surface area contributed by atoms with Crippen LogP contribution in [0.25, 0.3) is 104 Å². The number of ether oxygens (including phenoxy) is 1. The number of rotatable bonds is 5. The highest BCUT2D eigenvalue weighted by Crippen LogP contribution is 2.63. The lowest BCUT2D eigenvalue weighted by molar-refractivity contribution is 0.483. The lowest BCUT2D eigenvalue weighted by Crippen LogP contribution is -2.25. The van der Waals surface area contributed by atoms with Crippen molar-refractivity contribution < 1.29 is 4.74 Å². The Morgan fingerprint density at radius 2 is 0.951 bits per heavy atom. The SMILES string of the molecule is CC(C)(C)c1ccnc(-n2c3ccccc3c3ccc(Oc4cccc(N5Cn6c7ccccc7c7ccccc7c7cc(-c8ccc9c(c8)-c8ccccc8C98c9ccccc9-c9ccccc98)ccc7c7cccc5c76)c4)cc32)c1. The second kappa shape index (κ2) is 17.4. The van der Waals surface area contributed by atoms with Crippen molar-refractivity contribution in [1.82, 2.24) is 14.1 Å². The van der Waals surface area contributed by atoms with Crippen LogP contribution in [0.1, 0.15) is 48.6 Å². The molecule has 5 heteroatoms. The van der Waals surface area contributed by atoms with Crippen LogP contribution in [-0.2, 0) is 17.5 Å². The average molecular weight is 1050 g/mol. The van der Waals surface area contributed by atoms with Gasteiger partial charge in [-0.15, -0.1) is 0 Å². The predicted octanol–water partition coefficient (Wildman–Crippen LogP) is 19.9. The first kappa shape index (κ1) is 46.7. The smallest absolute Gasteiger partial charge is 0.137 e. The fourth-order valence-electron chi connectivity index (χ4n) is 14.4. The van der Waals surface area contributed by atoms with E-state index in [0.717, 1.165) is 45.1 Å². The summed E-state index contributed by atoms with van der Waals surface area (Å²) in [6, 6.07) is 94.3. The number of anilines is 2. The Balaban J connectivity index is 0.806. The summed E-state index contributed by atoms with van der Waals surface area (Å²) in [7, 11) is 0. The van der Waals surface area contributed by atoms with Crippen molar-refractivity contribution in [3.8, 4) is 50.7 Å². The van der Waals surface area contributed by atoms with E-state index in [1.165, 1.54) is 110 Å². The van der Waals surface area contributed by atoms with E-state index in [0.29, 0.717) is 6.67 Å². The van der Waals surface area contributed by atoms with Gasteiger partial charge >= 0.3 is 0 Å². The highest BCUT2D eigenvalue weighted by molar-refractivity contribution is 6.21. The molecule has 3 aromatic heterocycles. The minimum Gasteiger partial charge on any atom is -0.457 e. The third-order valence-electron chi connectivity index (χ3n) is 18.1. The fourth-order valence-corrected chi connectivity index (χ4v) is 14.4. The number of fused-ring (bicyclic) bond motifs is 20. The van der Waals surface area contributed by atoms with E-state index in [-0.39, 0.29) is 10.8 Å². The van der Waals surface area contributed by atoms with E-state index in [4.69, 9.17) is 9.72 Å². The lowest BCUT2D eigenvalue weighted by Gasteiger charge is -2.30. The van der Waals surface area contributed by atoms with Gasteiger partial charge in [-0.1, -0.05) is 197 Å². The maximum Gasteiger partial charge on any atom is 0.137 e. The first-order valence-electron chi connectivity index (χ1n) is 28.5. The standard InChI is InChI=1S/C77H54N4O/c1-76(2,3)50-40-41-78-74(44-50)81-71-32-15-10-26-61(71)62-38-36-53(46-73(62)81)82-52-19-16-18-51(45-52)79-47-80-70-31-14-9-25-60(70)54-20-4-5-21-55(54)64-42-48(34-37-56(64)63-27-17-33-72(79)75(63)80)49-35-39-69-65(43-49)59-24-8-13-30-68(59)77(69)66-28-11-6-22-57(66)58-23-7-12-29-67(58)77/h4-46H,47H2,1-3H3. The molecule has 388 valence electrons. The van der Waals surface area contributed by atoms with Gasteiger partial charge in [-0.3, -0.25) is 4.57 Å². The van der Waals surface area contributed by atoms with Gasteiger partial charge in [0.05, 0.1) is 33.2 Å². The van der Waals surface area contributed by atoms with Crippen molar-refractivity contribution in [2.45, 2.75) is 38.3 Å². The molecule has 82 heavy (non-hydrogen) atoms. The molecule has 1 spiro atoms. The second-order valence-corrected chi connectivity index (χ2v) is 23.4. The van der Waals surface area contributed by atoms with Gasteiger partial charge in [0, 0.05) is 45.6 Å². The number of hydrogen-bond donors (Lipinski definition) is 0. The van der Waals surface area contributed by atoms with Gasteiger partial charge in [0.15, 0.2) is 0 Å². The van der Waals surface area contributed by atoms with Crippen LogP contribution in [0.3, 0.4) is 0 Å². The number of aromatic nitrogens is 3. The normalized spacial score (nSPS) is 13.6. The van der Waals surface area contributed by atoms with Crippen molar-refractivity contribution in [3.05, 3.63) is 289 Å². The van der Waals surface area contributed by atoms with Gasteiger partial charge in [0.25, 0.3) is 0 Å². The van der Waals surface area contributed by atoms with Crippen LogP contribution < -0.4 is 9.64 Å². The highest BCUT2D eigenvalue weighted by atomic mass is 16.5. The van der Waals surface area contributed by atoms with Gasteiger partial charge < -0.3 is 14.2 Å². The van der Waals surface area contributed by atoms with E-state index >= 15 is 0 Å². The molecule has 0 saturated carbocycles. The summed E-state index contributed by atoms with van der Waals surface area (Å²) in [5.41, 5.74) is 20.6. The molecule has 0 bridgehead atoms. The van der Waals surface area contributed by atoms with E-state index in [9.17, 15) is 0 Å². The molecule has 0 saturated heterocycles. The van der Waals surface area contributed by atoms with E-state index < -0.39 is 0 Å². The summed E-state index contributed by atoms with van der Waals surface area (Å²) < 4.78 is 11.7. The van der Waals surface area contributed by atoms with E-state index in [1.54, 1.807) is 0 Å². The first-order chi connectivity index (χ1) is 40.3. The third-order valence-corrected chi connectivity index (χ3v) is 18.1. The quantitative estimate of drug-likeness (QED) is 0.172. The topological polar surface area (TPSA) is 35.2 Å². The Kier molecular flexibility index (Phi) is 9.89. The van der Waals surface area contributed by atoms with Crippen LogP contribution in [0.5, 0.6) is 11.5 Å². The van der Waals surface area contributed by atoms with Crippen LogP contribution in [0, 0.1) is 0 Å². The highest BCUT2D eigenvalue weighted by Gasteiger charge is 2.51. The molecule has 0 amide bonds. The zero-order valence-electron chi connectivity index (χ0n) is 45.7. The van der Waals surface area contributed by atoms with E-state index in [1.807, 2.05) is 6.20 Å². The maximum atomic E-state index is 6.90. The van der Waals surface area contributed by atoms with Gasteiger partial charge in [-0.05, 0) is 155 Å². The maximum absolute atomic E-state index is 6.90. The lowest BCUT2D eigenvalue weighted by atomic mass is 9.70. The van der Waals surface area contributed by atoms with Crippen LogP contribution >= 0.6 is 0 Å². The zero-order chi connectivity index (χ0) is 54.4. The largest absolute Gasteiger partial charge is 0.457 e. The second-order valence-electron chi connectivity index (χ2n) is 23.4. The molecule has 11 aromatic carbocycles. The molecule has 0 atom stereocenters. The molecule has 3 aliphatic rings. The van der Waals surface area contributed by atoms with Crippen molar-refractivity contribution in [3.63, 3.8) is 0 Å². The van der Waals surface area contributed by atoms with Crippen molar-refractivity contribution in [2.24, 2.45) is 0 Å². The van der Waals surface area contributed by atoms with Gasteiger partial charge in [0.1, 0.15) is 24.0 Å². The molecule has 2 aliphatic carbocycles. The zero-order valence-corrected chi connectivity index (χ0v) is 45.7. The van der Waals surface area contributed by atoms with Crippen molar-refractivity contribution >= 4 is 76.5 Å². The Labute approximate surface area is 475 Å². The van der Waals surface area contributed by atoms with Crippen LogP contribution in [0.4, 0.5) is 11.4 Å². The van der Waals surface area contributed by atoms with E-state index in [2.05, 4.69) is 290 Å². The van der Waals surface area contributed by atoms with Gasteiger partial charge in [-0.25, -0.2) is 4.98 Å². The summed E-state index contributed by atoms with van der Waals surface area (Å²) >= 11 is 0. The Morgan fingerprint density at radius 3 is 1.70 bits per heavy atom. The Morgan fingerprint density at radius 1 is 0.402 bits per heavy atom. The summed E-state index contributed by atoms with van der Waals surface area (Å²) in [5, 5.41) is 9.54. The van der Waals surface area contributed by atoms with Crippen LogP contribution in [-0.4, -0.2) is 14.1 Å². The average Bonchev–Trinajstić information content (AvgIpc) is 2.58. The number of pyridine rings is 1. The molecule has 14 aromatic rings. The molecule has 5 nitrogen and oxygen atoms in total. The molecule has 4 heterocycles. The monoisotopic (exact) mass is 1050 g/mol. The molecule has 17 rings (SSSR count). The third kappa shape index (κ3) is 6.65. The Hall–Kier alpha value is -10.2. The molecule has 0 N–H and O–H groups in total.